The van der Waals surface area contributed by atoms with Crippen LogP contribution in [0.25, 0.3) is 0 Å². The van der Waals surface area contributed by atoms with Gasteiger partial charge in [-0.2, -0.15) is 17.5 Å². The van der Waals surface area contributed by atoms with E-state index >= 15 is 0 Å². The molecule has 0 radical (unpaired) electrons. The third kappa shape index (κ3) is 8.29. The number of aliphatic imine (C=N–C) groups is 1. The van der Waals surface area contributed by atoms with Gasteiger partial charge in [0.05, 0.1) is 6.54 Å². The molecule has 1 saturated heterocycles. The molecule has 0 bridgehead atoms. The molecule has 0 aromatic carbocycles. The number of piperidine rings is 1. The molecule has 0 spiro atoms. The second kappa shape index (κ2) is 11.4. The molecule has 0 aliphatic carbocycles. The molecular weight excluding hydrogens is 407 g/mol. The maximum atomic E-state index is 12.7. The van der Waals surface area contributed by atoms with Crippen molar-refractivity contribution in [1.29, 1.82) is 0 Å². The summed E-state index contributed by atoms with van der Waals surface area (Å²) in [7, 11) is -1.16. The lowest BCUT2D eigenvalue weighted by Gasteiger charge is -2.32. The second-order valence-electron chi connectivity index (χ2n) is 8.14. The van der Waals surface area contributed by atoms with Crippen LogP contribution in [0.3, 0.4) is 0 Å². The summed E-state index contributed by atoms with van der Waals surface area (Å²) in [5, 5.41) is 6.44. The molecule has 1 fully saturated rings. The van der Waals surface area contributed by atoms with Crippen LogP contribution in [0, 0.1) is 11.8 Å². The van der Waals surface area contributed by atoms with E-state index in [0.29, 0.717) is 54.7 Å². The van der Waals surface area contributed by atoms with Crippen LogP contribution in [0.4, 0.5) is 13.2 Å². The molecule has 0 aromatic rings. The molecule has 1 heterocycles. The van der Waals surface area contributed by atoms with Crippen molar-refractivity contribution in [3.63, 3.8) is 0 Å². The molecule has 0 saturated carbocycles. The Morgan fingerprint density at radius 3 is 2.24 bits per heavy atom. The molecular formula is C18H36F3N5O2S. The fraction of sp³-hybridized carbons (Fsp3) is 0.944. The van der Waals surface area contributed by atoms with E-state index in [9.17, 15) is 21.6 Å². The SMILES string of the molecule is CCNC(=NCC(CC(C)C)N(C)C)NCC1CCN(S(=O)(=O)C(F)(F)F)CC1. The number of likely N-dealkylation sites (N-methyl/N-ethyl adjacent to an activating group) is 1. The van der Waals surface area contributed by atoms with E-state index in [0.717, 1.165) is 6.42 Å². The Labute approximate surface area is 173 Å². The summed E-state index contributed by atoms with van der Waals surface area (Å²) in [6.45, 7) is 7.98. The quantitative estimate of drug-likeness (QED) is 0.422. The van der Waals surface area contributed by atoms with Gasteiger partial charge >= 0.3 is 15.5 Å². The molecule has 1 rings (SSSR count). The fourth-order valence-electron chi connectivity index (χ4n) is 3.27. The smallest absolute Gasteiger partial charge is 0.357 e. The molecule has 1 unspecified atom stereocenters. The molecule has 0 amide bonds. The topological polar surface area (TPSA) is 77.0 Å². The first-order chi connectivity index (χ1) is 13.4. The predicted octanol–water partition coefficient (Wildman–Crippen LogP) is 2.08. The molecule has 11 heteroatoms. The van der Waals surface area contributed by atoms with Gasteiger partial charge in [0.15, 0.2) is 5.96 Å². The van der Waals surface area contributed by atoms with Gasteiger partial charge in [0.2, 0.25) is 0 Å². The normalized spacial score (nSPS) is 19.0. The van der Waals surface area contributed by atoms with Gasteiger partial charge in [-0.1, -0.05) is 13.8 Å². The van der Waals surface area contributed by atoms with E-state index in [4.69, 9.17) is 0 Å². The number of hydrogen-bond acceptors (Lipinski definition) is 4. The number of rotatable bonds is 9. The standard InChI is InChI=1S/C18H36F3N5O2S/c1-6-22-17(24-13-16(25(4)5)11-14(2)3)23-12-15-7-9-26(10-8-15)29(27,28)18(19,20)21/h14-16H,6-13H2,1-5H3,(H2,22,23,24). The maximum Gasteiger partial charge on any atom is 0.511 e. The summed E-state index contributed by atoms with van der Waals surface area (Å²) >= 11 is 0. The van der Waals surface area contributed by atoms with E-state index in [2.05, 4.69) is 34.4 Å². The average molecular weight is 444 g/mol. The van der Waals surface area contributed by atoms with Crippen LogP contribution in [0.2, 0.25) is 0 Å². The fourth-order valence-corrected chi connectivity index (χ4v) is 4.26. The zero-order valence-electron chi connectivity index (χ0n) is 18.1. The highest BCUT2D eigenvalue weighted by molar-refractivity contribution is 7.90. The van der Waals surface area contributed by atoms with E-state index in [-0.39, 0.29) is 19.0 Å². The first-order valence-corrected chi connectivity index (χ1v) is 11.6. The van der Waals surface area contributed by atoms with Gasteiger partial charge in [-0.25, -0.2) is 8.42 Å². The summed E-state index contributed by atoms with van der Waals surface area (Å²) in [4.78, 5) is 6.81. The Bertz CT molecular complexity index is 615. The summed E-state index contributed by atoms with van der Waals surface area (Å²) < 4.78 is 61.5. The van der Waals surface area contributed by atoms with E-state index < -0.39 is 15.5 Å². The number of halogens is 3. The molecule has 1 atom stereocenters. The van der Waals surface area contributed by atoms with Crippen molar-refractivity contribution < 1.29 is 21.6 Å². The van der Waals surface area contributed by atoms with Crippen molar-refractivity contribution in [2.75, 3.05) is 46.8 Å². The van der Waals surface area contributed by atoms with Crippen LogP contribution in [-0.2, 0) is 10.0 Å². The van der Waals surface area contributed by atoms with Gasteiger partial charge in [0.1, 0.15) is 0 Å². The lowest BCUT2D eigenvalue weighted by molar-refractivity contribution is -0.0496. The molecule has 0 aromatic heterocycles. The average Bonchev–Trinajstić information content (AvgIpc) is 2.61. The van der Waals surface area contributed by atoms with Gasteiger partial charge in [-0.3, -0.25) is 4.99 Å². The Morgan fingerprint density at radius 2 is 1.79 bits per heavy atom. The third-order valence-electron chi connectivity index (χ3n) is 5.04. The van der Waals surface area contributed by atoms with Crippen LogP contribution in [0.5, 0.6) is 0 Å². The Kier molecular flexibility index (Phi) is 10.2. The highest BCUT2D eigenvalue weighted by Gasteiger charge is 2.50. The predicted molar refractivity (Wildman–Crippen MR) is 110 cm³/mol. The van der Waals surface area contributed by atoms with Gasteiger partial charge < -0.3 is 15.5 Å². The first kappa shape index (κ1) is 26.0. The van der Waals surface area contributed by atoms with Gasteiger partial charge in [0.25, 0.3) is 0 Å². The molecule has 1 aliphatic heterocycles. The molecule has 29 heavy (non-hydrogen) atoms. The third-order valence-corrected chi connectivity index (χ3v) is 6.67. The molecule has 172 valence electrons. The van der Waals surface area contributed by atoms with Crippen molar-refractivity contribution >= 4 is 16.0 Å². The monoisotopic (exact) mass is 443 g/mol. The lowest BCUT2D eigenvalue weighted by Crippen LogP contribution is -2.47. The van der Waals surface area contributed by atoms with E-state index in [1.165, 1.54) is 0 Å². The van der Waals surface area contributed by atoms with Crippen molar-refractivity contribution in [2.45, 2.75) is 51.6 Å². The molecule has 7 nitrogen and oxygen atoms in total. The summed E-state index contributed by atoms with van der Waals surface area (Å²) in [5.41, 5.74) is -5.23. The van der Waals surface area contributed by atoms with Crippen molar-refractivity contribution in [1.82, 2.24) is 19.8 Å². The summed E-state index contributed by atoms with van der Waals surface area (Å²) in [5.74, 6) is 1.33. The van der Waals surface area contributed by atoms with Gasteiger partial charge in [-0.15, -0.1) is 0 Å². The number of nitrogens with zero attached hydrogens (tertiary/aromatic N) is 3. The van der Waals surface area contributed by atoms with Crippen molar-refractivity contribution in [2.24, 2.45) is 16.8 Å². The maximum absolute atomic E-state index is 12.7. The second-order valence-corrected chi connectivity index (χ2v) is 10.1. The van der Waals surface area contributed by atoms with E-state index in [1.807, 2.05) is 21.0 Å². The highest BCUT2D eigenvalue weighted by atomic mass is 32.2. The number of nitrogens with one attached hydrogen (secondary N) is 2. The van der Waals surface area contributed by atoms with Crippen LogP contribution < -0.4 is 10.6 Å². The van der Waals surface area contributed by atoms with Gasteiger partial charge in [0, 0.05) is 32.2 Å². The summed E-state index contributed by atoms with van der Waals surface area (Å²) in [6, 6.07) is 0.321. The lowest BCUT2D eigenvalue weighted by atomic mass is 9.98. The van der Waals surface area contributed by atoms with Gasteiger partial charge in [-0.05, 0) is 52.1 Å². The van der Waals surface area contributed by atoms with Crippen LogP contribution in [0.15, 0.2) is 4.99 Å². The largest absolute Gasteiger partial charge is 0.511 e. The number of sulfonamides is 1. The Balaban J connectivity index is 2.59. The van der Waals surface area contributed by atoms with Crippen molar-refractivity contribution in [3.05, 3.63) is 0 Å². The zero-order valence-corrected chi connectivity index (χ0v) is 18.9. The number of guanidine groups is 1. The zero-order chi connectivity index (χ0) is 22.2. The first-order valence-electron chi connectivity index (χ1n) is 10.1. The van der Waals surface area contributed by atoms with Crippen LogP contribution in [0.1, 0.15) is 40.0 Å². The summed E-state index contributed by atoms with van der Waals surface area (Å²) in [6.07, 6.45) is 1.80. The minimum atomic E-state index is -5.23. The molecule has 2 N–H and O–H groups in total. The number of alkyl halides is 3. The minimum absolute atomic E-state index is 0.0962. The van der Waals surface area contributed by atoms with E-state index in [1.54, 1.807) is 0 Å². The highest BCUT2D eigenvalue weighted by Crippen LogP contribution is 2.30. The van der Waals surface area contributed by atoms with Crippen LogP contribution in [-0.4, -0.2) is 82.0 Å². The van der Waals surface area contributed by atoms with Crippen LogP contribution >= 0.6 is 0 Å². The Hall–Kier alpha value is -1.07. The minimum Gasteiger partial charge on any atom is -0.357 e. The van der Waals surface area contributed by atoms with Crippen molar-refractivity contribution in [3.8, 4) is 0 Å². The molecule has 1 aliphatic rings. The Morgan fingerprint density at radius 1 is 1.21 bits per heavy atom. The number of hydrogen-bond donors (Lipinski definition) is 2.